The summed E-state index contributed by atoms with van der Waals surface area (Å²) in [5.41, 5.74) is 3.07. The predicted molar refractivity (Wildman–Crippen MR) is 94.4 cm³/mol. The van der Waals surface area contributed by atoms with E-state index >= 15 is 0 Å². The molecule has 0 fully saturated rings. The Morgan fingerprint density at radius 2 is 1.92 bits per heavy atom. The van der Waals surface area contributed by atoms with Gasteiger partial charge in [0.2, 0.25) is 0 Å². The van der Waals surface area contributed by atoms with Crippen LogP contribution in [0.25, 0.3) is 0 Å². The molecule has 1 amide bonds. The third-order valence-corrected chi connectivity index (χ3v) is 5.37. The molecule has 128 valence electrons. The van der Waals surface area contributed by atoms with Crippen molar-refractivity contribution in [1.82, 2.24) is 9.88 Å². The van der Waals surface area contributed by atoms with Crippen molar-refractivity contribution in [3.05, 3.63) is 33.8 Å². The number of nitrogens with one attached hydrogen (secondary N) is 1. The van der Waals surface area contributed by atoms with Crippen molar-refractivity contribution in [3.8, 4) is 11.5 Å². The summed E-state index contributed by atoms with van der Waals surface area (Å²) in [5, 5.41) is 3.76. The van der Waals surface area contributed by atoms with Crippen molar-refractivity contribution >= 4 is 22.4 Å². The Morgan fingerprint density at radius 3 is 2.50 bits per heavy atom. The number of rotatable bonds is 4. The second-order valence-corrected chi connectivity index (χ2v) is 6.64. The number of methoxy groups -OCH3 is 2. The first kappa shape index (κ1) is 16.6. The van der Waals surface area contributed by atoms with Gasteiger partial charge in [0.1, 0.15) is 4.88 Å². The second kappa shape index (κ2) is 6.68. The monoisotopic (exact) mass is 347 g/mol. The lowest BCUT2D eigenvalue weighted by atomic mass is 9.98. The average Bonchev–Trinajstić information content (AvgIpc) is 3.00. The summed E-state index contributed by atoms with van der Waals surface area (Å²) < 4.78 is 10.7. The standard InChI is InChI=1S/C17H21N3O3S/c1-10-15(24-17(18-2)19-10)16(21)20-6-5-11-7-13(22-3)14(23-4)8-12(11)9-20/h7-8H,5-6,9H2,1-4H3,(H,18,19). The Morgan fingerprint density at radius 1 is 1.25 bits per heavy atom. The lowest BCUT2D eigenvalue weighted by Crippen LogP contribution is -2.35. The number of nitrogens with zero attached hydrogens (tertiary/aromatic N) is 2. The molecule has 1 aromatic carbocycles. The first-order valence-corrected chi connectivity index (χ1v) is 8.57. The van der Waals surface area contributed by atoms with Crippen LogP contribution < -0.4 is 14.8 Å². The van der Waals surface area contributed by atoms with E-state index in [9.17, 15) is 4.79 Å². The molecule has 0 spiro atoms. The molecule has 1 aromatic heterocycles. The third-order valence-electron chi connectivity index (χ3n) is 4.21. The maximum Gasteiger partial charge on any atom is 0.266 e. The molecule has 0 atom stereocenters. The normalized spacial score (nSPS) is 13.4. The van der Waals surface area contributed by atoms with Crippen LogP contribution in [-0.2, 0) is 13.0 Å². The highest BCUT2D eigenvalue weighted by molar-refractivity contribution is 7.17. The first-order valence-electron chi connectivity index (χ1n) is 7.75. The quantitative estimate of drug-likeness (QED) is 0.921. The summed E-state index contributed by atoms with van der Waals surface area (Å²) in [6.45, 7) is 3.13. The maximum absolute atomic E-state index is 12.8. The van der Waals surface area contributed by atoms with Crippen LogP contribution in [0.1, 0.15) is 26.5 Å². The van der Waals surface area contributed by atoms with Gasteiger partial charge in [-0.1, -0.05) is 11.3 Å². The highest BCUT2D eigenvalue weighted by atomic mass is 32.1. The third kappa shape index (κ3) is 2.91. The summed E-state index contributed by atoms with van der Waals surface area (Å²) in [6, 6.07) is 3.97. The van der Waals surface area contributed by atoms with Crippen molar-refractivity contribution < 1.29 is 14.3 Å². The fourth-order valence-electron chi connectivity index (χ4n) is 2.90. The predicted octanol–water partition coefficient (Wildman–Crippen LogP) is 2.71. The van der Waals surface area contributed by atoms with Gasteiger partial charge < -0.3 is 19.7 Å². The number of benzene rings is 1. The van der Waals surface area contributed by atoms with Gasteiger partial charge in [0.15, 0.2) is 16.6 Å². The fraction of sp³-hybridized carbons (Fsp3) is 0.412. The molecule has 0 aliphatic carbocycles. The number of anilines is 1. The number of aryl methyl sites for hydroxylation is 1. The maximum atomic E-state index is 12.8. The van der Waals surface area contributed by atoms with Gasteiger partial charge in [0.25, 0.3) is 5.91 Å². The summed E-state index contributed by atoms with van der Waals surface area (Å²) in [6.07, 6.45) is 0.804. The lowest BCUT2D eigenvalue weighted by molar-refractivity contribution is 0.0738. The summed E-state index contributed by atoms with van der Waals surface area (Å²) in [7, 11) is 5.06. The first-order chi connectivity index (χ1) is 11.6. The molecule has 0 saturated heterocycles. The lowest BCUT2D eigenvalue weighted by Gasteiger charge is -2.29. The van der Waals surface area contributed by atoms with Crippen molar-refractivity contribution in [2.45, 2.75) is 19.9 Å². The molecular weight excluding hydrogens is 326 g/mol. The van der Waals surface area contributed by atoms with Crippen LogP contribution in [0.2, 0.25) is 0 Å². The van der Waals surface area contributed by atoms with Crippen LogP contribution in [0.3, 0.4) is 0 Å². The number of carbonyl (C=O) groups is 1. The molecule has 3 rings (SSSR count). The van der Waals surface area contributed by atoms with Crippen molar-refractivity contribution in [2.75, 3.05) is 33.1 Å². The Balaban J connectivity index is 1.86. The molecule has 7 heteroatoms. The largest absolute Gasteiger partial charge is 0.493 e. The second-order valence-electron chi connectivity index (χ2n) is 5.64. The van der Waals surface area contributed by atoms with E-state index in [0.29, 0.717) is 23.7 Å². The van der Waals surface area contributed by atoms with Crippen LogP contribution in [0.5, 0.6) is 11.5 Å². The van der Waals surface area contributed by atoms with Crippen LogP contribution in [-0.4, -0.2) is 43.6 Å². The fourth-order valence-corrected chi connectivity index (χ4v) is 3.79. The zero-order valence-electron chi connectivity index (χ0n) is 14.3. The molecule has 2 heterocycles. The molecule has 0 unspecified atom stereocenters. The van der Waals surface area contributed by atoms with E-state index < -0.39 is 0 Å². The van der Waals surface area contributed by atoms with Crippen LogP contribution in [0, 0.1) is 6.92 Å². The molecule has 24 heavy (non-hydrogen) atoms. The minimum Gasteiger partial charge on any atom is -0.493 e. The Bertz CT molecular complexity index is 773. The van der Waals surface area contributed by atoms with Gasteiger partial charge in [0.05, 0.1) is 19.9 Å². The molecule has 0 radical (unpaired) electrons. The van der Waals surface area contributed by atoms with E-state index in [2.05, 4.69) is 10.3 Å². The summed E-state index contributed by atoms with van der Waals surface area (Å²) in [5.74, 6) is 1.46. The van der Waals surface area contributed by atoms with Gasteiger partial charge in [-0.05, 0) is 36.6 Å². The number of hydrogen-bond acceptors (Lipinski definition) is 6. The number of carbonyl (C=O) groups excluding carboxylic acids is 1. The number of ether oxygens (including phenoxy) is 2. The van der Waals surface area contributed by atoms with E-state index in [4.69, 9.17) is 9.47 Å². The molecule has 0 saturated carbocycles. The molecular formula is C17H21N3O3S. The molecule has 6 nitrogen and oxygen atoms in total. The van der Waals surface area contributed by atoms with Crippen LogP contribution >= 0.6 is 11.3 Å². The smallest absolute Gasteiger partial charge is 0.266 e. The highest BCUT2D eigenvalue weighted by Crippen LogP contribution is 2.34. The number of thiazole rings is 1. The van der Waals surface area contributed by atoms with Crippen molar-refractivity contribution in [1.29, 1.82) is 0 Å². The molecule has 1 N–H and O–H groups in total. The molecule has 1 aliphatic rings. The average molecular weight is 347 g/mol. The molecule has 2 aromatic rings. The minimum atomic E-state index is 0.0342. The van der Waals surface area contributed by atoms with Gasteiger partial charge in [-0.25, -0.2) is 4.98 Å². The SMILES string of the molecule is CNc1nc(C)c(C(=O)N2CCc3cc(OC)c(OC)cc3C2)s1. The van der Waals surface area contributed by atoms with Crippen molar-refractivity contribution in [3.63, 3.8) is 0 Å². The van der Waals surface area contributed by atoms with E-state index in [0.717, 1.165) is 28.6 Å². The van der Waals surface area contributed by atoms with Gasteiger partial charge in [-0.15, -0.1) is 0 Å². The van der Waals surface area contributed by atoms with Gasteiger partial charge in [-0.2, -0.15) is 0 Å². The number of hydrogen-bond donors (Lipinski definition) is 1. The van der Waals surface area contributed by atoms with E-state index in [1.807, 2.05) is 31.0 Å². The minimum absolute atomic E-state index is 0.0342. The van der Waals surface area contributed by atoms with Gasteiger partial charge in [-0.3, -0.25) is 4.79 Å². The van der Waals surface area contributed by atoms with Crippen LogP contribution in [0.15, 0.2) is 12.1 Å². The number of aromatic nitrogens is 1. The number of fused-ring (bicyclic) bond motifs is 1. The van der Waals surface area contributed by atoms with Gasteiger partial charge >= 0.3 is 0 Å². The van der Waals surface area contributed by atoms with E-state index in [1.165, 1.54) is 16.9 Å². The van der Waals surface area contributed by atoms with Gasteiger partial charge in [0, 0.05) is 20.1 Å². The summed E-state index contributed by atoms with van der Waals surface area (Å²) in [4.78, 5) is 19.8. The number of amides is 1. The Kier molecular flexibility index (Phi) is 4.62. The van der Waals surface area contributed by atoms with E-state index in [1.54, 1.807) is 14.2 Å². The summed E-state index contributed by atoms with van der Waals surface area (Å²) >= 11 is 1.40. The zero-order valence-corrected chi connectivity index (χ0v) is 15.1. The molecule has 1 aliphatic heterocycles. The van der Waals surface area contributed by atoms with Crippen molar-refractivity contribution in [2.24, 2.45) is 0 Å². The van der Waals surface area contributed by atoms with Crippen LogP contribution in [0.4, 0.5) is 5.13 Å². The Labute approximate surface area is 145 Å². The zero-order chi connectivity index (χ0) is 17.3. The van der Waals surface area contributed by atoms with E-state index in [-0.39, 0.29) is 5.91 Å². The highest BCUT2D eigenvalue weighted by Gasteiger charge is 2.26. The topological polar surface area (TPSA) is 63.7 Å². The Hall–Kier alpha value is -2.28. The molecule has 0 bridgehead atoms.